The number of methoxy groups -OCH3 is 3. The zero-order valence-electron chi connectivity index (χ0n) is 19.8. The summed E-state index contributed by atoms with van der Waals surface area (Å²) in [5.41, 5.74) is 4.44. The van der Waals surface area contributed by atoms with Crippen molar-refractivity contribution >= 4 is 21.4 Å². The predicted octanol–water partition coefficient (Wildman–Crippen LogP) is 5.05. The lowest BCUT2D eigenvalue weighted by atomic mass is 10.1. The second-order valence-electron chi connectivity index (χ2n) is 7.77. The van der Waals surface area contributed by atoms with Crippen LogP contribution in [0.4, 0.5) is 11.4 Å². The molecule has 0 radical (unpaired) electrons. The second kappa shape index (κ2) is 10.0. The van der Waals surface area contributed by atoms with Crippen LogP contribution >= 0.6 is 0 Å². The fourth-order valence-corrected chi connectivity index (χ4v) is 5.48. The van der Waals surface area contributed by atoms with Crippen LogP contribution < -0.4 is 24.2 Å². The van der Waals surface area contributed by atoms with Crippen molar-refractivity contribution in [3.63, 3.8) is 0 Å². The Kier molecular flexibility index (Phi) is 7.38. The number of nitrogens with one attached hydrogen (secondary N) is 2. The van der Waals surface area contributed by atoms with E-state index in [1.807, 2.05) is 57.2 Å². The van der Waals surface area contributed by atoms with Crippen molar-refractivity contribution in [2.75, 3.05) is 31.4 Å². The van der Waals surface area contributed by atoms with E-state index < -0.39 is 10.0 Å². The zero-order chi connectivity index (χ0) is 24.2. The molecule has 0 saturated carbocycles. The monoisotopic (exact) mass is 470 g/mol. The van der Waals surface area contributed by atoms with Crippen LogP contribution in [0.15, 0.2) is 53.4 Å². The molecule has 2 N–H and O–H groups in total. The molecule has 0 amide bonds. The highest BCUT2D eigenvalue weighted by molar-refractivity contribution is 7.92. The van der Waals surface area contributed by atoms with Crippen molar-refractivity contribution in [1.82, 2.24) is 0 Å². The first-order valence-corrected chi connectivity index (χ1v) is 11.9. The molecule has 0 heterocycles. The minimum atomic E-state index is -3.77. The minimum Gasteiger partial charge on any atom is -0.493 e. The first-order chi connectivity index (χ1) is 15.7. The molecule has 0 aliphatic rings. The van der Waals surface area contributed by atoms with E-state index in [0.717, 1.165) is 11.1 Å². The summed E-state index contributed by atoms with van der Waals surface area (Å²) in [5, 5.41) is 3.30. The smallest absolute Gasteiger partial charge is 0.262 e. The van der Waals surface area contributed by atoms with Gasteiger partial charge in [-0.25, -0.2) is 8.42 Å². The van der Waals surface area contributed by atoms with Crippen LogP contribution in [-0.4, -0.2) is 29.7 Å². The molecule has 0 unspecified atom stereocenters. The number of anilines is 2. The number of sulfonamides is 1. The molecule has 0 aliphatic heterocycles. The third kappa shape index (κ3) is 5.34. The first kappa shape index (κ1) is 24.3. The lowest BCUT2D eigenvalue weighted by molar-refractivity contribution is 0.324. The molecule has 0 spiro atoms. The molecule has 0 aromatic heterocycles. The second-order valence-corrected chi connectivity index (χ2v) is 9.39. The first-order valence-electron chi connectivity index (χ1n) is 10.4. The van der Waals surface area contributed by atoms with Crippen LogP contribution in [0, 0.1) is 20.8 Å². The van der Waals surface area contributed by atoms with Gasteiger partial charge in [0.25, 0.3) is 10.0 Å². The van der Waals surface area contributed by atoms with Gasteiger partial charge in [-0.1, -0.05) is 29.8 Å². The maximum Gasteiger partial charge on any atom is 0.262 e. The molecule has 0 bridgehead atoms. The average molecular weight is 471 g/mol. The summed E-state index contributed by atoms with van der Waals surface area (Å²) >= 11 is 0. The molecular formula is C25H30N2O5S. The number of ether oxygens (including phenoxy) is 3. The molecule has 0 fully saturated rings. The topological polar surface area (TPSA) is 85.9 Å². The Balaban J connectivity index is 1.88. The Morgan fingerprint density at radius 3 is 1.85 bits per heavy atom. The van der Waals surface area contributed by atoms with Crippen LogP contribution in [0.2, 0.25) is 0 Å². The quantitative estimate of drug-likeness (QED) is 0.455. The highest BCUT2D eigenvalue weighted by Crippen LogP contribution is 2.38. The molecule has 0 atom stereocenters. The van der Waals surface area contributed by atoms with E-state index >= 15 is 0 Å². The normalized spacial score (nSPS) is 11.1. The Labute approximate surface area is 195 Å². The molecule has 0 aliphatic carbocycles. The Bertz CT molecular complexity index is 1210. The number of para-hydroxylation sites is 2. The predicted molar refractivity (Wildman–Crippen MR) is 131 cm³/mol. The van der Waals surface area contributed by atoms with Gasteiger partial charge in [0.1, 0.15) is 0 Å². The Morgan fingerprint density at radius 1 is 0.788 bits per heavy atom. The lowest BCUT2D eigenvalue weighted by Gasteiger charge is -2.18. The SMILES string of the molecule is COc1cc(CNc2ccccc2NS(=O)(=O)c2c(C)cc(C)cc2C)cc(OC)c1OC. The Hall–Kier alpha value is -3.39. The zero-order valence-corrected chi connectivity index (χ0v) is 20.6. The van der Waals surface area contributed by atoms with E-state index in [1.165, 1.54) is 0 Å². The third-order valence-corrected chi connectivity index (χ3v) is 6.92. The number of rotatable bonds is 9. The number of hydrogen-bond acceptors (Lipinski definition) is 6. The molecule has 176 valence electrons. The summed E-state index contributed by atoms with van der Waals surface area (Å²) in [7, 11) is 0.906. The average Bonchev–Trinajstić information content (AvgIpc) is 2.76. The number of hydrogen-bond donors (Lipinski definition) is 2. The summed E-state index contributed by atoms with van der Waals surface area (Å²) < 4.78 is 45.4. The van der Waals surface area contributed by atoms with Gasteiger partial charge in [0.05, 0.1) is 37.6 Å². The van der Waals surface area contributed by atoms with Crippen LogP contribution in [0.3, 0.4) is 0 Å². The van der Waals surface area contributed by atoms with Crippen molar-refractivity contribution in [1.29, 1.82) is 0 Å². The van der Waals surface area contributed by atoms with E-state index in [0.29, 0.717) is 51.2 Å². The minimum absolute atomic E-state index is 0.299. The van der Waals surface area contributed by atoms with Crippen molar-refractivity contribution in [2.45, 2.75) is 32.2 Å². The highest BCUT2D eigenvalue weighted by atomic mass is 32.2. The number of aryl methyl sites for hydroxylation is 3. The van der Waals surface area contributed by atoms with Gasteiger partial charge in [0, 0.05) is 6.54 Å². The molecule has 3 rings (SSSR count). The molecule has 3 aromatic carbocycles. The van der Waals surface area contributed by atoms with Crippen molar-refractivity contribution in [3.8, 4) is 17.2 Å². The molecule has 8 heteroatoms. The van der Waals surface area contributed by atoms with Crippen molar-refractivity contribution in [2.24, 2.45) is 0 Å². The fourth-order valence-electron chi connectivity index (χ4n) is 3.95. The van der Waals surface area contributed by atoms with Gasteiger partial charge in [-0.2, -0.15) is 0 Å². The Morgan fingerprint density at radius 2 is 1.33 bits per heavy atom. The molecule has 0 saturated heterocycles. The fraction of sp³-hybridized carbons (Fsp3) is 0.280. The van der Waals surface area contributed by atoms with Crippen LogP contribution in [0.5, 0.6) is 17.2 Å². The van der Waals surface area contributed by atoms with Crippen LogP contribution in [-0.2, 0) is 16.6 Å². The summed E-state index contributed by atoms with van der Waals surface area (Å²) in [6, 6.07) is 14.6. The van der Waals surface area contributed by atoms with Crippen LogP contribution in [0.1, 0.15) is 22.3 Å². The van der Waals surface area contributed by atoms with E-state index in [9.17, 15) is 8.42 Å². The summed E-state index contributed by atoms with van der Waals surface area (Å²) in [6.45, 7) is 5.98. The van der Waals surface area contributed by atoms with E-state index in [4.69, 9.17) is 14.2 Å². The van der Waals surface area contributed by atoms with Gasteiger partial charge in [-0.05, 0) is 61.7 Å². The standard InChI is InChI=1S/C25H30N2O5S/c1-16-11-17(2)25(18(3)12-16)33(28,29)27-21-10-8-7-9-20(21)26-15-19-13-22(30-4)24(32-6)23(14-19)31-5/h7-14,26-27H,15H2,1-6H3. The summed E-state index contributed by atoms with van der Waals surface area (Å²) in [5.74, 6) is 1.61. The highest BCUT2D eigenvalue weighted by Gasteiger charge is 2.21. The van der Waals surface area contributed by atoms with Gasteiger partial charge in [0.15, 0.2) is 11.5 Å². The van der Waals surface area contributed by atoms with Gasteiger partial charge in [0.2, 0.25) is 5.75 Å². The third-order valence-electron chi connectivity index (χ3n) is 5.25. The molecule has 33 heavy (non-hydrogen) atoms. The van der Waals surface area contributed by atoms with Gasteiger partial charge < -0.3 is 19.5 Å². The summed E-state index contributed by atoms with van der Waals surface area (Å²) in [6.07, 6.45) is 0. The van der Waals surface area contributed by atoms with Crippen LogP contribution in [0.25, 0.3) is 0 Å². The van der Waals surface area contributed by atoms with E-state index in [-0.39, 0.29) is 0 Å². The summed E-state index contributed by atoms with van der Waals surface area (Å²) in [4.78, 5) is 0.299. The van der Waals surface area contributed by atoms with Gasteiger partial charge in [-0.3, -0.25) is 4.72 Å². The van der Waals surface area contributed by atoms with Crippen molar-refractivity contribution < 1.29 is 22.6 Å². The largest absolute Gasteiger partial charge is 0.493 e. The maximum absolute atomic E-state index is 13.2. The molecule has 3 aromatic rings. The van der Waals surface area contributed by atoms with E-state index in [1.54, 1.807) is 33.5 Å². The number of benzene rings is 3. The van der Waals surface area contributed by atoms with Gasteiger partial charge in [-0.15, -0.1) is 0 Å². The van der Waals surface area contributed by atoms with Crippen molar-refractivity contribution in [3.05, 3.63) is 70.8 Å². The molecular weight excluding hydrogens is 440 g/mol. The van der Waals surface area contributed by atoms with Gasteiger partial charge >= 0.3 is 0 Å². The molecule has 7 nitrogen and oxygen atoms in total. The maximum atomic E-state index is 13.2. The lowest BCUT2D eigenvalue weighted by Crippen LogP contribution is -2.17. The van der Waals surface area contributed by atoms with E-state index in [2.05, 4.69) is 10.0 Å².